The van der Waals surface area contributed by atoms with Crippen LogP contribution in [-0.4, -0.2) is 49.8 Å². The SMILES string of the molecule is COc1cc(NCC(c2ccc(C)cc2)N2CCOCC2)c([N+](=O)[O-])cc1F. The number of halogens is 1. The minimum Gasteiger partial charge on any atom is -0.494 e. The zero-order valence-corrected chi connectivity index (χ0v) is 16.0. The Hall–Kier alpha value is -2.71. The average molecular weight is 389 g/mol. The van der Waals surface area contributed by atoms with Gasteiger partial charge in [0.1, 0.15) is 5.69 Å². The molecule has 1 N–H and O–H groups in total. The number of nitrogens with one attached hydrogen (secondary N) is 1. The van der Waals surface area contributed by atoms with Gasteiger partial charge in [0.05, 0.1) is 37.4 Å². The summed E-state index contributed by atoms with van der Waals surface area (Å²) in [4.78, 5) is 13.0. The molecule has 0 spiro atoms. The summed E-state index contributed by atoms with van der Waals surface area (Å²) in [6, 6.07) is 10.4. The maximum absolute atomic E-state index is 13.9. The molecule has 1 aliphatic rings. The first kappa shape index (κ1) is 20.0. The molecular formula is C20H24FN3O4. The highest BCUT2D eigenvalue weighted by atomic mass is 19.1. The van der Waals surface area contributed by atoms with Gasteiger partial charge in [-0.2, -0.15) is 0 Å². The second-order valence-electron chi connectivity index (χ2n) is 6.72. The summed E-state index contributed by atoms with van der Waals surface area (Å²) in [6.07, 6.45) is 0. The molecular weight excluding hydrogens is 365 g/mol. The molecule has 1 fully saturated rings. The highest BCUT2D eigenvalue weighted by Crippen LogP contribution is 2.33. The van der Waals surface area contributed by atoms with Crippen molar-refractivity contribution in [2.75, 3.05) is 45.3 Å². The summed E-state index contributed by atoms with van der Waals surface area (Å²) in [5, 5.41) is 14.5. The molecule has 0 radical (unpaired) electrons. The number of nitro groups is 1. The molecule has 0 aliphatic carbocycles. The van der Waals surface area contributed by atoms with Crippen LogP contribution in [0.15, 0.2) is 36.4 Å². The van der Waals surface area contributed by atoms with E-state index in [-0.39, 0.29) is 23.2 Å². The molecule has 7 nitrogen and oxygen atoms in total. The van der Waals surface area contributed by atoms with Crippen molar-refractivity contribution in [1.82, 2.24) is 4.90 Å². The van der Waals surface area contributed by atoms with E-state index in [1.54, 1.807) is 0 Å². The Morgan fingerprint density at radius 1 is 1.29 bits per heavy atom. The van der Waals surface area contributed by atoms with Crippen molar-refractivity contribution in [2.45, 2.75) is 13.0 Å². The van der Waals surface area contributed by atoms with Gasteiger partial charge in [0.15, 0.2) is 11.6 Å². The number of nitrogens with zero attached hydrogens (tertiary/aromatic N) is 2. The third kappa shape index (κ3) is 4.58. The number of benzene rings is 2. The molecule has 0 bridgehead atoms. The van der Waals surface area contributed by atoms with Crippen LogP contribution in [0.3, 0.4) is 0 Å². The fourth-order valence-corrected chi connectivity index (χ4v) is 3.33. The number of ether oxygens (including phenoxy) is 2. The van der Waals surface area contributed by atoms with E-state index in [0.29, 0.717) is 19.8 Å². The summed E-state index contributed by atoms with van der Waals surface area (Å²) >= 11 is 0. The molecule has 1 saturated heterocycles. The lowest BCUT2D eigenvalue weighted by Crippen LogP contribution is -2.41. The van der Waals surface area contributed by atoms with Crippen LogP contribution < -0.4 is 10.1 Å². The van der Waals surface area contributed by atoms with Crippen LogP contribution in [0.4, 0.5) is 15.8 Å². The van der Waals surface area contributed by atoms with E-state index in [9.17, 15) is 14.5 Å². The summed E-state index contributed by atoms with van der Waals surface area (Å²) in [5.74, 6) is -0.797. The summed E-state index contributed by atoms with van der Waals surface area (Å²) in [5.41, 5.74) is 2.18. The summed E-state index contributed by atoms with van der Waals surface area (Å²) in [6.45, 7) is 5.29. The second-order valence-corrected chi connectivity index (χ2v) is 6.72. The van der Waals surface area contributed by atoms with Crippen LogP contribution >= 0.6 is 0 Å². The molecule has 8 heteroatoms. The zero-order chi connectivity index (χ0) is 20.1. The van der Waals surface area contributed by atoms with Crippen molar-refractivity contribution in [3.63, 3.8) is 0 Å². The maximum Gasteiger partial charge on any atom is 0.295 e. The normalized spacial score (nSPS) is 15.8. The minimum atomic E-state index is -0.761. The fourth-order valence-electron chi connectivity index (χ4n) is 3.33. The Bertz CT molecular complexity index is 823. The lowest BCUT2D eigenvalue weighted by atomic mass is 10.0. The molecule has 150 valence electrons. The van der Waals surface area contributed by atoms with Crippen molar-refractivity contribution in [2.24, 2.45) is 0 Å². The monoisotopic (exact) mass is 389 g/mol. The molecule has 0 aromatic heterocycles. The average Bonchev–Trinajstić information content (AvgIpc) is 2.70. The van der Waals surface area contributed by atoms with Gasteiger partial charge in [0, 0.05) is 25.7 Å². The van der Waals surface area contributed by atoms with Crippen LogP contribution in [0.25, 0.3) is 0 Å². The lowest BCUT2D eigenvalue weighted by molar-refractivity contribution is -0.384. The second kappa shape index (κ2) is 8.99. The fraction of sp³-hybridized carbons (Fsp3) is 0.400. The van der Waals surface area contributed by atoms with Crippen molar-refractivity contribution in [1.29, 1.82) is 0 Å². The molecule has 1 heterocycles. The first-order chi connectivity index (χ1) is 13.5. The van der Waals surface area contributed by atoms with Gasteiger partial charge in [-0.15, -0.1) is 0 Å². The van der Waals surface area contributed by atoms with Gasteiger partial charge in [-0.3, -0.25) is 15.0 Å². The number of anilines is 1. The Morgan fingerprint density at radius 2 is 1.96 bits per heavy atom. The number of rotatable bonds is 7. The zero-order valence-electron chi connectivity index (χ0n) is 16.0. The largest absolute Gasteiger partial charge is 0.494 e. The van der Waals surface area contributed by atoms with Crippen LogP contribution in [0.1, 0.15) is 17.2 Å². The van der Waals surface area contributed by atoms with Crippen molar-refractivity contribution in [3.05, 3.63) is 63.5 Å². The maximum atomic E-state index is 13.9. The lowest BCUT2D eigenvalue weighted by Gasteiger charge is -2.35. The first-order valence-corrected chi connectivity index (χ1v) is 9.13. The van der Waals surface area contributed by atoms with Gasteiger partial charge in [0.2, 0.25) is 0 Å². The highest BCUT2D eigenvalue weighted by molar-refractivity contribution is 5.64. The third-order valence-electron chi connectivity index (χ3n) is 4.90. The van der Waals surface area contributed by atoms with Gasteiger partial charge >= 0.3 is 0 Å². The van der Waals surface area contributed by atoms with Gasteiger partial charge in [-0.05, 0) is 12.5 Å². The van der Waals surface area contributed by atoms with Crippen LogP contribution in [0, 0.1) is 22.9 Å². The van der Waals surface area contributed by atoms with E-state index >= 15 is 0 Å². The van der Waals surface area contributed by atoms with E-state index in [4.69, 9.17) is 9.47 Å². The summed E-state index contributed by atoms with van der Waals surface area (Å²) in [7, 11) is 1.33. The molecule has 2 aromatic rings. The smallest absolute Gasteiger partial charge is 0.295 e. The number of nitro benzene ring substituents is 1. The molecule has 2 aromatic carbocycles. The van der Waals surface area contributed by atoms with Gasteiger partial charge in [0.25, 0.3) is 5.69 Å². The molecule has 0 amide bonds. The predicted molar refractivity (Wildman–Crippen MR) is 104 cm³/mol. The number of methoxy groups -OCH3 is 1. The Morgan fingerprint density at radius 3 is 2.57 bits per heavy atom. The van der Waals surface area contributed by atoms with Crippen molar-refractivity contribution >= 4 is 11.4 Å². The molecule has 0 saturated carbocycles. The van der Waals surface area contributed by atoms with Crippen LogP contribution in [0.2, 0.25) is 0 Å². The van der Waals surface area contributed by atoms with E-state index in [2.05, 4.69) is 22.3 Å². The van der Waals surface area contributed by atoms with E-state index in [1.807, 2.05) is 19.1 Å². The quantitative estimate of drug-likeness (QED) is 0.577. The van der Waals surface area contributed by atoms with E-state index < -0.39 is 10.7 Å². The van der Waals surface area contributed by atoms with Crippen LogP contribution in [-0.2, 0) is 4.74 Å². The Labute approximate surface area is 163 Å². The molecule has 28 heavy (non-hydrogen) atoms. The Balaban J connectivity index is 1.87. The number of aryl methyl sites for hydroxylation is 1. The third-order valence-corrected chi connectivity index (χ3v) is 4.90. The van der Waals surface area contributed by atoms with Crippen molar-refractivity contribution in [3.8, 4) is 5.75 Å². The van der Waals surface area contributed by atoms with E-state index in [0.717, 1.165) is 30.3 Å². The molecule has 1 aliphatic heterocycles. The van der Waals surface area contributed by atoms with Gasteiger partial charge in [-0.25, -0.2) is 4.39 Å². The topological polar surface area (TPSA) is 76.9 Å². The van der Waals surface area contributed by atoms with Crippen LogP contribution in [0.5, 0.6) is 5.75 Å². The number of morpholine rings is 1. The predicted octanol–water partition coefficient (Wildman–Crippen LogP) is 3.54. The Kier molecular flexibility index (Phi) is 6.43. The number of hydrogen-bond acceptors (Lipinski definition) is 6. The van der Waals surface area contributed by atoms with Gasteiger partial charge < -0.3 is 14.8 Å². The first-order valence-electron chi connectivity index (χ1n) is 9.13. The standard InChI is InChI=1S/C20H24FN3O4/c1-14-3-5-15(6-4-14)19(23-7-9-28-10-8-23)13-22-17-12-20(27-2)16(21)11-18(17)24(25)26/h3-6,11-12,19,22H,7-10,13H2,1-2H3. The molecule has 1 atom stereocenters. The number of hydrogen-bond donors (Lipinski definition) is 1. The highest BCUT2D eigenvalue weighted by Gasteiger charge is 2.25. The summed E-state index contributed by atoms with van der Waals surface area (Å²) < 4.78 is 24.3. The minimum absolute atomic E-state index is 0.000141. The molecule has 3 rings (SSSR count). The van der Waals surface area contributed by atoms with Gasteiger partial charge in [-0.1, -0.05) is 29.8 Å². The molecule has 1 unspecified atom stereocenters. The van der Waals surface area contributed by atoms with E-state index in [1.165, 1.54) is 13.2 Å². The van der Waals surface area contributed by atoms with Crippen molar-refractivity contribution < 1.29 is 18.8 Å².